The highest BCUT2D eigenvalue weighted by Crippen LogP contribution is 1.89. The average Bonchev–Trinajstić information content (AvgIpc) is 3.45. The first kappa shape index (κ1) is 31.0. The van der Waals surface area contributed by atoms with Gasteiger partial charge in [0.05, 0.1) is 12.5 Å². The Kier molecular flexibility index (Phi) is 21.7. The van der Waals surface area contributed by atoms with Gasteiger partial charge in [-0.2, -0.15) is 0 Å². The summed E-state index contributed by atoms with van der Waals surface area (Å²) in [7, 11) is 0. The van der Waals surface area contributed by atoms with E-state index in [2.05, 4.69) is 88.7 Å². The second kappa shape index (κ2) is 21.0. The maximum atomic E-state index is 3.78. The molecular weight excluding hydrogens is 508 g/mol. The summed E-state index contributed by atoms with van der Waals surface area (Å²) in [5.74, 6) is 0. The minimum atomic E-state index is 0. The Labute approximate surface area is 202 Å². The topological polar surface area (TPSA) is 33.1 Å². The zero-order valence-electron chi connectivity index (χ0n) is 19.1. The van der Waals surface area contributed by atoms with Crippen molar-refractivity contribution in [1.29, 1.82) is 0 Å². The zero-order chi connectivity index (χ0) is 21.9. The number of rotatable bonds is 11. The molecule has 0 aromatic carbocycles. The van der Waals surface area contributed by atoms with Crippen LogP contribution in [0.15, 0.2) is 50.6 Å². The lowest BCUT2D eigenvalue weighted by Crippen LogP contribution is -3.00. The zero-order valence-corrected chi connectivity index (χ0v) is 22.3. The summed E-state index contributed by atoms with van der Waals surface area (Å²) in [5, 5.41) is 1.09. The number of aromatic nitrogens is 4. The van der Waals surface area contributed by atoms with Crippen molar-refractivity contribution in [3.05, 3.63) is 50.6 Å². The molecule has 0 spiro atoms. The Morgan fingerprint density at radius 3 is 1.83 bits per heavy atom. The summed E-state index contributed by atoms with van der Waals surface area (Å²) in [6.45, 7) is 23.9. The number of hydrogen-bond donors (Lipinski definition) is 0. The van der Waals surface area contributed by atoms with E-state index in [-0.39, 0.29) is 17.0 Å². The molecule has 2 aromatic heterocycles. The molecule has 2 heterocycles. The van der Waals surface area contributed by atoms with Gasteiger partial charge in [-0.05, 0) is 26.2 Å². The van der Waals surface area contributed by atoms with Gasteiger partial charge in [0, 0.05) is 37.0 Å². The van der Waals surface area contributed by atoms with E-state index in [9.17, 15) is 0 Å². The van der Waals surface area contributed by atoms with Crippen molar-refractivity contribution >= 4 is 28.3 Å². The molecule has 0 fully saturated rings. The van der Waals surface area contributed by atoms with Gasteiger partial charge in [-0.25, -0.2) is 14.1 Å². The summed E-state index contributed by atoms with van der Waals surface area (Å²) in [4.78, 5) is 8.58. The minimum absolute atomic E-state index is 0. The second-order valence-corrected chi connectivity index (χ2v) is 7.01. The van der Waals surface area contributed by atoms with Gasteiger partial charge in [0.1, 0.15) is 18.9 Å². The van der Waals surface area contributed by atoms with Crippen molar-refractivity contribution in [2.24, 2.45) is 0 Å². The monoisotopic (exact) mass is 546 g/mol. The number of alkyl halides is 1. The highest BCUT2D eigenvalue weighted by Gasteiger charge is 2.03. The Balaban J connectivity index is 0. The van der Waals surface area contributed by atoms with E-state index in [1.54, 1.807) is 29.5 Å². The second-order valence-electron chi connectivity index (χ2n) is 6.22. The van der Waals surface area contributed by atoms with Crippen molar-refractivity contribution in [2.45, 2.75) is 34.2 Å². The van der Waals surface area contributed by atoms with E-state index < -0.39 is 0 Å². The SMILES string of the molecule is C=Cn1cc[n+](CCN(CC)CC)c1.C=Cn1ccnc1.CCN(CC)CCBr.[Br-]. The quantitative estimate of drug-likeness (QED) is 0.310. The third-order valence-corrected chi connectivity index (χ3v) is 4.88. The molecule has 2 rings (SSSR count). The van der Waals surface area contributed by atoms with E-state index in [1.807, 2.05) is 17.0 Å². The first-order valence-corrected chi connectivity index (χ1v) is 11.5. The maximum Gasteiger partial charge on any atom is 0.248 e. The van der Waals surface area contributed by atoms with E-state index in [1.165, 1.54) is 19.6 Å². The van der Waals surface area contributed by atoms with Gasteiger partial charge in [0.15, 0.2) is 0 Å². The lowest BCUT2D eigenvalue weighted by Gasteiger charge is -2.15. The fourth-order valence-corrected chi connectivity index (χ4v) is 2.99. The molecule has 30 heavy (non-hydrogen) atoms. The van der Waals surface area contributed by atoms with E-state index in [0.29, 0.717) is 0 Å². The Morgan fingerprint density at radius 2 is 1.50 bits per heavy atom. The smallest absolute Gasteiger partial charge is 0.248 e. The number of hydrogen-bond acceptors (Lipinski definition) is 3. The highest BCUT2D eigenvalue weighted by atomic mass is 79.9. The first-order valence-electron chi connectivity index (χ1n) is 10.4. The van der Waals surface area contributed by atoms with Gasteiger partial charge < -0.3 is 26.4 Å². The van der Waals surface area contributed by atoms with Crippen LogP contribution in [0.25, 0.3) is 12.4 Å². The number of nitrogens with zero attached hydrogens (tertiary/aromatic N) is 6. The van der Waals surface area contributed by atoms with Crippen LogP contribution in [-0.4, -0.2) is 68.5 Å². The summed E-state index contributed by atoms with van der Waals surface area (Å²) < 4.78 is 5.92. The molecule has 0 atom stereocenters. The lowest BCUT2D eigenvalue weighted by molar-refractivity contribution is -0.695. The summed E-state index contributed by atoms with van der Waals surface area (Å²) in [6, 6.07) is 0. The Bertz CT molecular complexity index is 619. The van der Waals surface area contributed by atoms with Crippen molar-refractivity contribution in [3.63, 3.8) is 0 Å². The van der Waals surface area contributed by atoms with Gasteiger partial charge >= 0.3 is 0 Å². The Hall–Kier alpha value is -1.22. The van der Waals surface area contributed by atoms with Gasteiger partial charge in [-0.15, -0.1) is 0 Å². The van der Waals surface area contributed by atoms with Gasteiger partial charge in [-0.3, -0.25) is 4.90 Å². The molecule has 0 N–H and O–H groups in total. The van der Waals surface area contributed by atoms with E-state index in [4.69, 9.17) is 0 Å². The van der Waals surface area contributed by atoms with Gasteiger partial charge in [0.25, 0.3) is 0 Å². The number of likely N-dealkylation sites (N-methyl/N-ethyl adjacent to an activating group) is 1. The number of imidazole rings is 2. The molecule has 8 heteroatoms. The molecule has 0 saturated carbocycles. The average molecular weight is 548 g/mol. The molecule has 6 nitrogen and oxygen atoms in total. The molecular formula is C22H40Br2N6. The van der Waals surface area contributed by atoms with Crippen LogP contribution in [0, 0.1) is 0 Å². The molecule has 2 aromatic rings. The summed E-state index contributed by atoms with van der Waals surface area (Å²) in [6.07, 6.45) is 14.8. The normalized spacial score (nSPS) is 9.83. The Morgan fingerprint density at radius 1 is 0.933 bits per heavy atom. The molecule has 0 unspecified atom stereocenters. The van der Waals surface area contributed by atoms with Crippen LogP contribution >= 0.6 is 15.9 Å². The van der Waals surface area contributed by atoms with Crippen LogP contribution in [0.2, 0.25) is 0 Å². The fourth-order valence-electron chi connectivity index (χ4n) is 2.48. The molecule has 0 saturated heterocycles. The van der Waals surface area contributed by atoms with E-state index in [0.717, 1.165) is 31.5 Å². The van der Waals surface area contributed by atoms with Crippen molar-refractivity contribution in [1.82, 2.24) is 23.9 Å². The molecule has 0 amide bonds. The molecule has 0 aliphatic heterocycles. The number of halogens is 2. The minimum Gasteiger partial charge on any atom is -1.00 e. The fraction of sp³-hybridized carbons (Fsp3) is 0.545. The predicted molar refractivity (Wildman–Crippen MR) is 129 cm³/mol. The standard InChI is InChI=1S/C11H20N3.C6H14BrN.C5H6N2.BrH/c1-4-12(5-2)7-9-14-10-8-13(6-3)11-14;1-3-8(4-2)6-5-7;1-2-7-4-3-6-5-7;/h6,8,10-11H,3-5,7,9H2,1-2H3;3-6H2,1-2H3;2-5H,1H2;1H/q+1;;;/p-1. The molecule has 0 aliphatic rings. The molecule has 0 radical (unpaired) electrons. The van der Waals surface area contributed by atoms with Crippen molar-refractivity contribution in [3.8, 4) is 0 Å². The van der Waals surface area contributed by atoms with Gasteiger partial charge in [0.2, 0.25) is 6.33 Å². The van der Waals surface area contributed by atoms with Crippen LogP contribution in [0.1, 0.15) is 27.7 Å². The van der Waals surface area contributed by atoms with Crippen LogP contribution in [0.3, 0.4) is 0 Å². The maximum absolute atomic E-state index is 3.78. The lowest BCUT2D eigenvalue weighted by atomic mass is 10.4. The third-order valence-electron chi connectivity index (χ3n) is 4.52. The van der Waals surface area contributed by atoms with Crippen LogP contribution in [0.4, 0.5) is 0 Å². The van der Waals surface area contributed by atoms with Crippen LogP contribution in [0.5, 0.6) is 0 Å². The molecule has 0 bridgehead atoms. The third kappa shape index (κ3) is 14.7. The molecule has 0 aliphatic carbocycles. The van der Waals surface area contributed by atoms with E-state index >= 15 is 0 Å². The van der Waals surface area contributed by atoms with Gasteiger partial charge in [-0.1, -0.05) is 56.8 Å². The highest BCUT2D eigenvalue weighted by molar-refractivity contribution is 9.09. The molecule has 172 valence electrons. The summed E-state index contributed by atoms with van der Waals surface area (Å²) in [5.41, 5.74) is 0. The van der Waals surface area contributed by atoms with Crippen LogP contribution in [-0.2, 0) is 6.54 Å². The van der Waals surface area contributed by atoms with Crippen molar-refractivity contribution < 1.29 is 21.5 Å². The summed E-state index contributed by atoms with van der Waals surface area (Å²) >= 11 is 3.39. The van der Waals surface area contributed by atoms with Crippen LogP contribution < -0.4 is 21.5 Å². The van der Waals surface area contributed by atoms with Crippen molar-refractivity contribution in [2.75, 3.05) is 44.6 Å². The first-order chi connectivity index (χ1) is 14.1. The predicted octanol–water partition coefficient (Wildman–Crippen LogP) is 0.929. The largest absolute Gasteiger partial charge is 1.00 e.